The van der Waals surface area contributed by atoms with Gasteiger partial charge >= 0.3 is 5.69 Å². The number of nitrogens with one attached hydrogen (secondary N) is 1. The monoisotopic (exact) mass is 463 g/mol. The van der Waals surface area contributed by atoms with Crippen LogP contribution in [0.1, 0.15) is 32.1 Å². The number of benzene rings is 1. The summed E-state index contributed by atoms with van der Waals surface area (Å²) in [6, 6.07) is 6.67. The Balaban J connectivity index is 1.41. The highest BCUT2D eigenvalue weighted by Crippen LogP contribution is 2.25. The minimum absolute atomic E-state index is 0.0277. The summed E-state index contributed by atoms with van der Waals surface area (Å²) in [4.78, 5) is 41.9. The van der Waals surface area contributed by atoms with Crippen molar-refractivity contribution in [3.8, 4) is 0 Å². The molecule has 11 heteroatoms. The lowest BCUT2D eigenvalue weighted by atomic mass is 9.96. The number of carbonyl (C=O) groups is 1. The highest BCUT2D eigenvalue weighted by Gasteiger charge is 2.35. The molecule has 1 aliphatic heterocycles. The molecule has 1 aromatic heterocycles. The molecule has 1 amide bonds. The minimum Gasteiger partial charge on any atom is -0.338 e. The summed E-state index contributed by atoms with van der Waals surface area (Å²) < 4.78 is 29.8. The van der Waals surface area contributed by atoms with Gasteiger partial charge in [0.1, 0.15) is 6.54 Å². The molecule has 1 N–H and O–H groups in total. The molecule has 4 rings (SSSR count). The number of amides is 1. The van der Waals surface area contributed by atoms with E-state index in [1.165, 1.54) is 13.5 Å². The van der Waals surface area contributed by atoms with Gasteiger partial charge in [0, 0.05) is 39.3 Å². The lowest BCUT2D eigenvalue weighted by Gasteiger charge is -2.38. The summed E-state index contributed by atoms with van der Waals surface area (Å²) in [7, 11) is -1.95. The van der Waals surface area contributed by atoms with Gasteiger partial charge in [-0.05, 0) is 25.0 Å². The Kier molecular flexibility index (Phi) is 6.50. The molecular formula is C21H29N5O5S. The molecule has 0 radical (unpaired) electrons. The van der Waals surface area contributed by atoms with E-state index in [1.807, 2.05) is 0 Å². The van der Waals surface area contributed by atoms with Gasteiger partial charge < -0.3 is 9.88 Å². The molecule has 2 aliphatic rings. The van der Waals surface area contributed by atoms with Crippen molar-refractivity contribution in [3.05, 3.63) is 45.1 Å². The molecule has 1 saturated heterocycles. The first-order valence-corrected chi connectivity index (χ1v) is 12.4. The third kappa shape index (κ3) is 4.37. The summed E-state index contributed by atoms with van der Waals surface area (Å²) in [5.74, 6) is -0.384. The molecule has 0 atom stereocenters. The number of aromatic nitrogens is 2. The van der Waals surface area contributed by atoms with Crippen LogP contribution in [0.4, 0.5) is 0 Å². The SMILES string of the molecule is CN(C1CCCCC1)S(=O)(=O)N1CCN(C(=O)Cn2c(=O)[nH]c3ccccc3c2=O)CC1. The predicted molar refractivity (Wildman–Crippen MR) is 121 cm³/mol. The van der Waals surface area contributed by atoms with E-state index in [-0.39, 0.29) is 44.7 Å². The average Bonchev–Trinajstić information content (AvgIpc) is 2.81. The van der Waals surface area contributed by atoms with E-state index in [0.29, 0.717) is 10.9 Å². The number of fused-ring (bicyclic) bond motifs is 1. The van der Waals surface area contributed by atoms with Crippen LogP contribution < -0.4 is 11.2 Å². The second-order valence-electron chi connectivity index (χ2n) is 8.46. The van der Waals surface area contributed by atoms with Gasteiger partial charge in [-0.15, -0.1) is 0 Å². The average molecular weight is 464 g/mol. The number of para-hydroxylation sites is 1. The van der Waals surface area contributed by atoms with Gasteiger partial charge in [0.2, 0.25) is 5.91 Å². The Morgan fingerprint density at radius 3 is 2.41 bits per heavy atom. The molecular weight excluding hydrogens is 434 g/mol. The Bertz CT molecular complexity index is 1210. The molecule has 2 fully saturated rings. The number of rotatable bonds is 5. The molecule has 1 saturated carbocycles. The normalized spacial score (nSPS) is 19.0. The van der Waals surface area contributed by atoms with Gasteiger partial charge in [-0.25, -0.2) is 4.79 Å². The van der Waals surface area contributed by atoms with Crippen LogP contribution in [0.15, 0.2) is 33.9 Å². The van der Waals surface area contributed by atoms with Crippen LogP contribution in [0.3, 0.4) is 0 Å². The van der Waals surface area contributed by atoms with Crippen molar-refractivity contribution >= 4 is 27.0 Å². The summed E-state index contributed by atoms with van der Waals surface area (Å²) in [5.41, 5.74) is -0.738. The largest absolute Gasteiger partial charge is 0.338 e. The van der Waals surface area contributed by atoms with E-state index in [0.717, 1.165) is 36.7 Å². The van der Waals surface area contributed by atoms with Crippen LogP contribution in [-0.4, -0.2) is 76.7 Å². The molecule has 174 valence electrons. The van der Waals surface area contributed by atoms with Crippen LogP contribution in [0.2, 0.25) is 0 Å². The van der Waals surface area contributed by atoms with E-state index < -0.39 is 21.5 Å². The van der Waals surface area contributed by atoms with E-state index in [4.69, 9.17) is 0 Å². The van der Waals surface area contributed by atoms with E-state index >= 15 is 0 Å². The molecule has 32 heavy (non-hydrogen) atoms. The molecule has 0 spiro atoms. The molecule has 1 aromatic carbocycles. The quantitative estimate of drug-likeness (QED) is 0.687. The van der Waals surface area contributed by atoms with Crippen molar-refractivity contribution in [2.24, 2.45) is 0 Å². The lowest BCUT2D eigenvalue weighted by Crippen LogP contribution is -2.56. The van der Waals surface area contributed by atoms with Gasteiger partial charge in [0.25, 0.3) is 15.8 Å². The van der Waals surface area contributed by atoms with Crippen LogP contribution in [0.25, 0.3) is 10.9 Å². The van der Waals surface area contributed by atoms with E-state index in [2.05, 4.69) is 4.98 Å². The fourth-order valence-electron chi connectivity index (χ4n) is 4.56. The third-order valence-corrected chi connectivity index (χ3v) is 8.60. The van der Waals surface area contributed by atoms with Crippen molar-refractivity contribution in [3.63, 3.8) is 0 Å². The Morgan fingerprint density at radius 1 is 1.06 bits per heavy atom. The molecule has 10 nitrogen and oxygen atoms in total. The smallest absolute Gasteiger partial charge is 0.329 e. The van der Waals surface area contributed by atoms with Crippen molar-refractivity contribution in [1.82, 2.24) is 23.1 Å². The fraction of sp³-hybridized carbons (Fsp3) is 0.571. The highest BCUT2D eigenvalue weighted by molar-refractivity contribution is 7.86. The molecule has 2 heterocycles. The number of nitrogens with zero attached hydrogens (tertiary/aromatic N) is 4. The number of aromatic amines is 1. The third-order valence-electron chi connectivity index (χ3n) is 6.55. The lowest BCUT2D eigenvalue weighted by molar-refractivity contribution is -0.133. The van der Waals surface area contributed by atoms with Crippen LogP contribution >= 0.6 is 0 Å². The highest BCUT2D eigenvalue weighted by atomic mass is 32.2. The first-order valence-electron chi connectivity index (χ1n) is 11.0. The van der Waals surface area contributed by atoms with Gasteiger partial charge in [-0.3, -0.25) is 14.2 Å². The van der Waals surface area contributed by atoms with Crippen LogP contribution in [0, 0.1) is 0 Å². The molecule has 1 aliphatic carbocycles. The van der Waals surface area contributed by atoms with E-state index in [9.17, 15) is 22.8 Å². The summed E-state index contributed by atoms with van der Waals surface area (Å²) in [6.07, 6.45) is 4.99. The first kappa shape index (κ1) is 22.7. The van der Waals surface area contributed by atoms with Gasteiger partial charge in [0.05, 0.1) is 10.9 Å². The van der Waals surface area contributed by atoms with Crippen molar-refractivity contribution in [2.75, 3.05) is 33.2 Å². The van der Waals surface area contributed by atoms with Crippen LogP contribution in [-0.2, 0) is 21.5 Å². The standard InChI is InChI=1S/C21H29N5O5S/c1-23(16-7-3-2-4-8-16)32(30,31)25-13-11-24(12-14-25)19(27)15-26-20(28)17-9-5-6-10-18(17)22-21(26)29/h5-6,9-10,16H,2-4,7-8,11-15H2,1H3,(H,22,29). The maximum Gasteiger partial charge on any atom is 0.329 e. The molecule has 0 bridgehead atoms. The zero-order valence-corrected chi connectivity index (χ0v) is 19.0. The zero-order valence-electron chi connectivity index (χ0n) is 18.2. The first-order chi connectivity index (χ1) is 15.3. The van der Waals surface area contributed by atoms with Crippen molar-refractivity contribution < 1.29 is 13.2 Å². The number of H-pyrrole nitrogens is 1. The van der Waals surface area contributed by atoms with Crippen molar-refractivity contribution in [2.45, 2.75) is 44.7 Å². The predicted octanol–water partition coefficient (Wildman–Crippen LogP) is 0.343. The van der Waals surface area contributed by atoms with Crippen molar-refractivity contribution in [1.29, 1.82) is 0 Å². The zero-order chi connectivity index (χ0) is 22.9. The summed E-state index contributed by atoms with van der Waals surface area (Å²) >= 11 is 0. The topological polar surface area (TPSA) is 116 Å². The maximum atomic E-state index is 13.0. The minimum atomic E-state index is -3.59. The fourth-order valence-corrected chi connectivity index (χ4v) is 6.14. The summed E-state index contributed by atoms with van der Waals surface area (Å²) in [6.45, 7) is 0.434. The number of piperazine rings is 1. The summed E-state index contributed by atoms with van der Waals surface area (Å²) in [5, 5.41) is 0.335. The van der Waals surface area contributed by atoms with Gasteiger partial charge in [0.15, 0.2) is 0 Å². The van der Waals surface area contributed by atoms with Gasteiger partial charge in [-0.1, -0.05) is 31.4 Å². The molecule has 0 unspecified atom stereocenters. The number of hydrogen-bond acceptors (Lipinski definition) is 5. The second kappa shape index (κ2) is 9.16. The van der Waals surface area contributed by atoms with E-state index in [1.54, 1.807) is 31.3 Å². The Hall–Kier alpha value is -2.50. The number of hydrogen-bond donors (Lipinski definition) is 1. The Morgan fingerprint density at radius 2 is 1.72 bits per heavy atom. The maximum absolute atomic E-state index is 13.0. The van der Waals surface area contributed by atoms with Gasteiger partial charge in [-0.2, -0.15) is 17.0 Å². The Labute approximate surface area is 186 Å². The second-order valence-corrected chi connectivity index (χ2v) is 10.5. The van der Waals surface area contributed by atoms with Crippen LogP contribution in [0.5, 0.6) is 0 Å². The number of carbonyl (C=O) groups excluding carboxylic acids is 1. The molecule has 2 aromatic rings.